The van der Waals surface area contributed by atoms with Crippen LogP contribution in [0.25, 0.3) is 0 Å². The molecule has 0 aromatic carbocycles. The van der Waals surface area contributed by atoms with Gasteiger partial charge in [0.2, 0.25) is 0 Å². The van der Waals surface area contributed by atoms with E-state index in [4.69, 9.17) is 0 Å². The van der Waals surface area contributed by atoms with E-state index < -0.39 is 11.7 Å². The van der Waals surface area contributed by atoms with Crippen molar-refractivity contribution in [2.24, 2.45) is 11.3 Å². The van der Waals surface area contributed by atoms with Crippen molar-refractivity contribution in [3.05, 3.63) is 34.9 Å². The van der Waals surface area contributed by atoms with Crippen LogP contribution in [0.3, 0.4) is 0 Å². The highest BCUT2D eigenvalue weighted by Crippen LogP contribution is 2.59. The molecule has 0 aliphatic heterocycles. The fourth-order valence-electron chi connectivity index (χ4n) is 5.23. The lowest BCUT2D eigenvalue weighted by molar-refractivity contribution is -0.141. The fourth-order valence-corrected chi connectivity index (χ4v) is 5.23. The lowest BCUT2D eigenvalue weighted by atomic mass is 9.62. The highest BCUT2D eigenvalue weighted by Gasteiger charge is 2.59. The maximum absolute atomic E-state index is 11.1. The number of hydrogen-bond donors (Lipinski definition) is 3. The Bertz CT molecular complexity index is 586. The SMILES string of the molecule is CC1=C(/C=C/C2=CCC[C@@]3(C)[C@H]2CC[C@]3(O)[C@H](C)O)C[C@@H](O)CC1. The van der Waals surface area contributed by atoms with Crippen LogP contribution in [0.15, 0.2) is 34.9 Å². The van der Waals surface area contributed by atoms with Crippen molar-refractivity contribution in [3.63, 3.8) is 0 Å². The summed E-state index contributed by atoms with van der Waals surface area (Å²) in [6, 6.07) is 0. The first-order chi connectivity index (χ1) is 11.3. The minimum atomic E-state index is -0.985. The highest BCUT2D eigenvalue weighted by atomic mass is 16.3. The average molecular weight is 332 g/mol. The Morgan fingerprint density at radius 3 is 2.71 bits per heavy atom. The van der Waals surface area contributed by atoms with Crippen LogP contribution in [-0.4, -0.2) is 33.1 Å². The van der Waals surface area contributed by atoms with Crippen molar-refractivity contribution in [1.29, 1.82) is 0 Å². The van der Waals surface area contributed by atoms with E-state index in [0.717, 1.165) is 38.5 Å². The number of fused-ring (bicyclic) bond motifs is 1. The highest BCUT2D eigenvalue weighted by molar-refractivity contribution is 5.37. The van der Waals surface area contributed by atoms with Gasteiger partial charge in [-0.1, -0.05) is 30.7 Å². The topological polar surface area (TPSA) is 60.7 Å². The molecule has 0 heterocycles. The van der Waals surface area contributed by atoms with Crippen LogP contribution in [-0.2, 0) is 0 Å². The van der Waals surface area contributed by atoms with Gasteiger partial charge in [0.05, 0.1) is 17.8 Å². The molecule has 3 rings (SSSR count). The Morgan fingerprint density at radius 2 is 2.00 bits per heavy atom. The molecule has 3 aliphatic rings. The summed E-state index contributed by atoms with van der Waals surface area (Å²) in [5.41, 5.74) is 2.68. The second kappa shape index (κ2) is 6.44. The number of allylic oxidation sites excluding steroid dienone is 5. The predicted molar refractivity (Wildman–Crippen MR) is 96.5 cm³/mol. The molecule has 3 nitrogen and oxygen atoms in total. The molecule has 24 heavy (non-hydrogen) atoms. The van der Waals surface area contributed by atoms with E-state index in [-0.39, 0.29) is 11.5 Å². The normalized spacial score (nSPS) is 41.5. The summed E-state index contributed by atoms with van der Waals surface area (Å²) < 4.78 is 0. The molecule has 3 heteroatoms. The van der Waals surface area contributed by atoms with Crippen LogP contribution in [0.4, 0.5) is 0 Å². The lowest BCUT2D eigenvalue weighted by Crippen LogP contribution is -2.53. The van der Waals surface area contributed by atoms with Gasteiger partial charge in [-0.2, -0.15) is 0 Å². The molecule has 0 amide bonds. The molecule has 134 valence electrons. The van der Waals surface area contributed by atoms with Crippen molar-refractivity contribution in [2.75, 3.05) is 0 Å². The second-order valence-corrected chi connectivity index (χ2v) is 8.39. The first-order valence-electron chi connectivity index (χ1n) is 9.43. The number of aliphatic hydroxyl groups is 3. The van der Waals surface area contributed by atoms with E-state index in [0.29, 0.717) is 12.3 Å². The molecule has 0 saturated heterocycles. The summed E-state index contributed by atoms with van der Waals surface area (Å²) in [5, 5.41) is 31.2. The van der Waals surface area contributed by atoms with Gasteiger partial charge in [-0.15, -0.1) is 0 Å². The van der Waals surface area contributed by atoms with Crippen LogP contribution in [0.1, 0.15) is 65.7 Å². The summed E-state index contributed by atoms with van der Waals surface area (Å²) in [7, 11) is 0. The first kappa shape index (κ1) is 17.9. The van der Waals surface area contributed by atoms with Crippen molar-refractivity contribution < 1.29 is 15.3 Å². The maximum atomic E-state index is 11.1. The Hall–Kier alpha value is -0.900. The zero-order valence-electron chi connectivity index (χ0n) is 15.3. The Kier molecular flexibility index (Phi) is 4.80. The van der Waals surface area contributed by atoms with E-state index in [1.54, 1.807) is 6.92 Å². The molecule has 3 N–H and O–H groups in total. The summed E-state index contributed by atoms with van der Waals surface area (Å²) in [5.74, 6) is 0.302. The molecule has 3 aliphatic carbocycles. The lowest BCUT2D eigenvalue weighted by Gasteiger charge is -2.47. The molecule has 0 aromatic rings. The van der Waals surface area contributed by atoms with Gasteiger partial charge in [-0.25, -0.2) is 0 Å². The molecule has 5 atom stereocenters. The van der Waals surface area contributed by atoms with Gasteiger partial charge < -0.3 is 15.3 Å². The predicted octanol–water partition coefficient (Wildman–Crippen LogP) is 3.65. The standard InChI is InChI=1S/C21H32O3/c1-14-6-9-18(23)13-17(14)8-7-16-5-4-11-20(3)19(16)10-12-21(20,24)15(2)22/h5,7-8,15,18-19,22-24H,4,6,9-13H2,1-3H3/b8-7+/t15-,18-,19-,20-,21-/m0/s1. The van der Waals surface area contributed by atoms with Crippen LogP contribution in [0, 0.1) is 11.3 Å². The number of aliphatic hydroxyl groups excluding tert-OH is 2. The van der Waals surface area contributed by atoms with Crippen molar-refractivity contribution in [1.82, 2.24) is 0 Å². The average Bonchev–Trinajstić information content (AvgIpc) is 2.82. The molecule has 0 bridgehead atoms. The Morgan fingerprint density at radius 1 is 1.25 bits per heavy atom. The van der Waals surface area contributed by atoms with Gasteiger partial charge in [0.1, 0.15) is 0 Å². The van der Waals surface area contributed by atoms with Gasteiger partial charge in [0.25, 0.3) is 0 Å². The zero-order chi connectivity index (χ0) is 17.5. The Balaban J connectivity index is 1.83. The zero-order valence-corrected chi connectivity index (χ0v) is 15.3. The van der Waals surface area contributed by atoms with Gasteiger partial charge in [-0.05, 0) is 75.9 Å². The van der Waals surface area contributed by atoms with Crippen molar-refractivity contribution in [3.8, 4) is 0 Å². The van der Waals surface area contributed by atoms with E-state index in [1.165, 1.54) is 16.7 Å². The summed E-state index contributed by atoms with van der Waals surface area (Å²) in [4.78, 5) is 0. The van der Waals surface area contributed by atoms with E-state index >= 15 is 0 Å². The molecular weight excluding hydrogens is 300 g/mol. The monoisotopic (exact) mass is 332 g/mol. The third kappa shape index (κ3) is 2.81. The minimum Gasteiger partial charge on any atom is -0.393 e. The molecule has 1 saturated carbocycles. The molecule has 0 aromatic heterocycles. The number of rotatable bonds is 3. The third-order valence-electron chi connectivity index (χ3n) is 7.04. The van der Waals surface area contributed by atoms with Gasteiger partial charge in [0.15, 0.2) is 0 Å². The minimum absolute atomic E-state index is 0.217. The van der Waals surface area contributed by atoms with Crippen LogP contribution in [0.5, 0.6) is 0 Å². The van der Waals surface area contributed by atoms with Crippen LogP contribution < -0.4 is 0 Å². The fraction of sp³-hybridized carbons (Fsp3) is 0.714. The first-order valence-corrected chi connectivity index (χ1v) is 9.43. The largest absolute Gasteiger partial charge is 0.393 e. The van der Waals surface area contributed by atoms with E-state index in [9.17, 15) is 15.3 Å². The molecule has 1 fully saturated rings. The van der Waals surface area contributed by atoms with Gasteiger partial charge in [-0.3, -0.25) is 0 Å². The summed E-state index contributed by atoms with van der Waals surface area (Å²) in [6.07, 6.45) is 11.8. The third-order valence-corrected chi connectivity index (χ3v) is 7.04. The van der Waals surface area contributed by atoms with Gasteiger partial charge in [0, 0.05) is 5.41 Å². The summed E-state index contributed by atoms with van der Waals surface area (Å²) in [6.45, 7) is 6.03. The van der Waals surface area contributed by atoms with E-state index in [1.807, 2.05) is 0 Å². The van der Waals surface area contributed by atoms with Crippen LogP contribution in [0.2, 0.25) is 0 Å². The Labute approximate surface area is 145 Å². The van der Waals surface area contributed by atoms with Crippen LogP contribution >= 0.6 is 0 Å². The molecule has 0 radical (unpaired) electrons. The number of hydrogen-bond acceptors (Lipinski definition) is 3. The molecule has 0 unspecified atom stereocenters. The molecule has 0 spiro atoms. The van der Waals surface area contributed by atoms with Crippen molar-refractivity contribution >= 4 is 0 Å². The van der Waals surface area contributed by atoms with E-state index in [2.05, 4.69) is 32.1 Å². The smallest absolute Gasteiger partial charge is 0.0961 e. The maximum Gasteiger partial charge on any atom is 0.0961 e. The summed E-state index contributed by atoms with van der Waals surface area (Å²) >= 11 is 0. The second-order valence-electron chi connectivity index (χ2n) is 8.39. The van der Waals surface area contributed by atoms with Gasteiger partial charge >= 0.3 is 0 Å². The van der Waals surface area contributed by atoms with Crippen molar-refractivity contribution in [2.45, 2.75) is 83.5 Å². The molecular formula is C21H32O3. The quantitative estimate of drug-likeness (QED) is 0.739.